The summed E-state index contributed by atoms with van der Waals surface area (Å²) >= 11 is 0.915. The van der Waals surface area contributed by atoms with Gasteiger partial charge in [0.05, 0.1) is 11.4 Å². The Balaban J connectivity index is 1.26. The highest BCUT2D eigenvalue weighted by molar-refractivity contribution is 8.18. The van der Waals surface area contributed by atoms with Crippen LogP contribution in [0.15, 0.2) is 102 Å². The first kappa shape index (κ1) is 24.6. The van der Waals surface area contributed by atoms with Crippen LogP contribution in [0.2, 0.25) is 0 Å². The van der Waals surface area contributed by atoms with E-state index in [1.54, 1.807) is 16.8 Å². The molecule has 1 N–H and O–H groups in total. The van der Waals surface area contributed by atoms with Gasteiger partial charge >= 0.3 is 0 Å². The Morgan fingerprint density at radius 2 is 1.59 bits per heavy atom. The molecule has 1 aromatic heterocycles. The van der Waals surface area contributed by atoms with Crippen molar-refractivity contribution in [3.05, 3.63) is 119 Å². The van der Waals surface area contributed by atoms with E-state index in [2.05, 4.69) is 5.32 Å². The third-order valence-electron chi connectivity index (χ3n) is 6.63. The van der Waals surface area contributed by atoms with Crippen molar-refractivity contribution in [2.75, 3.05) is 5.32 Å². The predicted octanol–water partition coefficient (Wildman–Crippen LogP) is 6.81. The summed E-state index contributed by atoms with van der Waals surface area (Å²) in [6, 6.07) is 26.9. The van der Waals surface area contributed by atoms with Gasteiger partial charge in [0.2, 0.25) is 5.91 Å². The minimum Gasteiger partial charge on any atom is -0.337 e. The standard InChI is InChI=1S/C31H22FN3O3S/c32-23-12-14-24(15-13-23)33-29(36)19-34-17-22(26-10-3-4-11-27(26)34)16-28-30(37)35(31(38)39-28)18-21-8-5-7-20-6-1-2-9-25(20)21/h1-17H,18-19H2,(H,33,36)/b28-16+. The smallest absolute Gasteiger partial charge is 0.293 e. The Kier molecular flexibility index (Phi) is 6.46. The number of halogens is 1. The van der Waals surface area contributed by atoms with Crippen molar-refractivity contribution in [3.8, 4) is 0 Å². The third-order valence-corrected chi connectivity index (χ3v) is 7.54. The monoisotopic (exact) mass is 535 g/mol. The second kappa shape index (κ2) is 10.2. The average Bonchev–Trinajstić information content (AvgIpc) is 3.41. The molecule has 0 aliphatic carbocycles. The highest BCUT2D eigenvalue weighted by atomic mass is 32.2. The van der Waals surface area contributed by atoms with Crippen LogP contribution >= 0.6 is 11.8 Å². The molecule has 8 heteroatoms. The maximum atomic E-state index is 13.3. The molecule has 1 aliphatic rings. The maximum Gasteiger partial charge on any atom is 0.293 e. The van der Waals surface area contributed by atoms with Crippen LogP contribution in [0.3, 0.4) is 0 Å². The van der Waals surface area contributed by atoms with Crippen LogP contribution < -0.4 is 5.32 Å². The first-order valence-corrected chi connectivity index (χ1v) is 13.1. The number of anilines is 1. The molecule has 0 unspecified atom stereocenters. The number of fused-ring (bicyclic) bond motifs is 2. The quantitative estimate of drug-likeness (QED) is 0.243. The van der Waals surface area contributed by atoms with Gasteiger partial charge in [-0.1, -0.05) is 60.7 Å². The zero-order chi connectivity index (χ0) is 26.9. The fraction of sp³-hybridized carbons (Fsp3) is 0.0645. The predicted molar refractivity (Wildman–Crippen MR) is 152 cm³/mol. The Bertz CT molecular complexity index is 1790. The molecule has 0 spiro atoms. The number of carbonyl (C=O) groups is 3. The second-order valence-electron chi connectivity index (χ2n) is 9.19. The first-order valence-electron chi connectivity index (χ1n) is 12.3. The van der Waals surface area contributed by atoms with Crippen molar-refractivity contribution in [1.82, 2.24) is 9.47 Å². The third kappa shape index (κ3) is 4.94. The maximum absolute atomic E-state index is 13.3. The highest BCUT2D eigenvalue weighted by Crippen LogP contribution is 2.35. The number of hydrogen-bond donors (Lipinski definition) is 1. The fourth-order valence-corrected chi connectivity index (χ4v) is 5.62. The number of amides is 3. The molecule has 3 amide bonds. The van der Waals surface area contributed by atoms with Crippen LogP contribution in [0.25, 0.3) is 27.8 Å². The molecule has 2 heterocycles. The van der Waals surface area contributed by atoms with Gasteiger partial charge in [-0.05, 0) is 64.5 Å². The van der Waals surface area contributed by atoms with Crippen molar-refractivity contribution < 1.29 is 18.8 Å². The Hall–Kier alpha value is -4.69. The molecule has 1 saturated heterocycles. The molecular formula is C31H22FN3O3S. The van der Waals surface area contributed by atoms with Gasteiger partial charge in [0.25, 0.3) is 11.1 Å². The van der Waals surface area contributed by atoms with E-state index in [9.17, 15) is 18.8 Å². The minimum atomic E-state index is -0.379. The minimum absolute atomic E-state index is 0.0221. The van der Waals surface area contributed by atoms with Crippen LogP contribution in [-0.2, 0) is 22.7 Å². The summed E-state index contributed by atoms with van der Waals surface area (Å²) in [6.07, 6.45) is 3.51. The van der Waals surface area contributed by atoms with Gasteiger partial charge in [0.15, 0.2) is 0 Å². The molecular weight excluding hydrogens is 513 g/mol. The lowest BCUT2D eigenvalue weighted by Gasteiger charge is -2.14. The van der Waals surface area contributed by atoms with Crippen molar-refractivity contribution in [2.24, 2.45) is 0 Å². The lowest BCUT2D eigenvalue weighted by atomic mass is 10.0. The first-order chi connectivity index (χ1) is 19.0. The largest absolute Gasteiger partial charge is 0.337 e. The Labute approximate surface area is 227 Å². The highest BCUT2D eigenvalue weighted by Gasteiger charge is 2.35. The molecule has 0 atom stereocenters. The van der Waals surface area contributed by atoms with E-state index < -0.39 is 0 Å². The summed E-state index contributed by atoms with van der Waals surface area (Å²) in [7, 11) is 0. The van der Waals surface area contributed by atoms with E-state index in [4.69, 9.17) is 0 Å². The van der Waals surface area contributed by atoms with Gasteiger partial charge in [-0.15, -0.1) is 0 Å². The SMILES string of the molecule is O=C(Cn1cc(/C=C2/SC(=O)N(Cc3cccc4ccccc34)C2=O)c2ccccc21)Nc1ccc(F)cc1. The zero-order valence-electron chi connectivity index (χ0n) is 20.6. The van der Waals surface area contributed by atoms with Crippen molar-refractivity contribution in [3.63, 3.8) is 0 Å². The molecule has 0 bridgehead atoms. The summed E-state index contributed by atoms with van der Waals surface area (Å²) in [4.78, 5) is 40.5. The number of thioether (sulfide) groups is 1. The van der Waals surface area contributed by atoms with E-state index in [0.717, 1.165) is 44.6 Å². The van der Waals surface area contributed by atoms with Gasteiger partial charge in [0, 0.05) is 28.4 Å². The topological polar surface area (TPSA) is 71.4 Å². The molecule has 39 heavy (non-hydrogen) atoms. The summed E-state index contributed by atoms with van der Waals surface area (Å²) in [5.41, 5.74) is 2.95. The molecule has 0 saturated carbocycles. The number of rotatable bonds is 6. The molecule has 1 fully saturated rings. The van der Waals surface area contributed by atoms with E-state index in [1.165, 1.54) is 29.2 Å². The molecule has 6 rings (SSSR count). The van der Waals surface area contributed by atoms with Gasteiger partial charge in [0.1, 0.15) is 12.4 Å². The van der Waals surface area contributed by atoms with Crippen LogP contribution in [0.5, 0.6) is 0 Å². The van der Waals surface area contributed by atoms with Crippen LogP contribution in [0.4, 0.5) is 14.9 Å². The Morgan fingerprint density at radius 1 is 0.872 bits per heavy atom. The number of nitrogens with one attached hydrogen (secondary N) is 1. The lowest BCUT2D eigenvalue weighted by molar-refractivity contribution is -0.123. The molecule has 6 nitrogen and oxygen atoms in total. The molecule has 4 aromatic carbocycles. The van der Waals surface area contributed by atoms with Crippen molar-refractivity contribution in [1.29, 1.82) is 0 Å². The summed E-state index contributed by atoms with van der Waals surface area (Å²) < 4.78 is 15.0. The molecule has 5 aromatic rings. The summed E-state index contributed by atoms with van der Waals surface area (Å²) in [5, 5.41) is 5.36. The normalized spacial score (nSPS) is 14.6. The molecule has 192 valence electrons. The van der Waals surface area contributed by atoms with Gasteiger partial charge in [-0.3, -0.25) is 19.3 Å². The number of aromatic nitrogens is 1. The summed E-state index contributed by atoms with van der Waals surface area (Å²) in [5.74, 6) is -0.997. The number of benzene rings is 4. The van der Waals surface area contributed by atoms with E-state index in [0.29, 0.717) is 10.6 Å². The number of carbonyl (C=O) groups excluding carboxylic acids is 3. The lowest BCUT2D eigenvalue weighted by Crippen LogP contribution is -2.27. The average molecular weight is 536 g/mol. The zero-order valence-corrected chi connectivity index (χ0v) is 21.5. The van der Waals surface area contributed by atoms with Crippen LogP contribution in [0, 0.1) is 5.82 Å². The summed E-state index contributed by atoms with van der Waals surface area (Å²) in [6.45, 7) is 0.211. The van der Waals surface area contributed by atoms with Gasteiger partial charge in [-0.2, -0.15) is 0 Å². The van der Waals surface area contributed by atoms with Crippen molar-refractivity contribution >= 4 is 62.3 Å². The fourth-order valence-electron chi connectivity index (χ4n) is 4.79. The van der Waals surface area contributed by atoms with Gasteiger partial charge < -0.3 is 9.88 Å². The van der Waals surface area contributed by atoms with Crippen molar-refractivity contribution in [2.45, 2.75) is 13.1 Å². The molecule has 1 aliphatic heterocycles. The number of para-hydroxylation sites is 1. The van der Waals surface area contributed by atoms with Crippen LogP contribution in [0.1, 0.15) is 11.1 Å². The van der Waals surface area contributed by atoms with E-state index in [-0.39, 0.29) is 36.0 Å². The number of nitrogens with zero attached hydrogens (tertiary/aromatic N) is 2. The molecule has 0 radical (unpaired) electrons. The van der Waals surface area contributed by atoms with Crippen LogP contribution in [-0.4, -0.2) is 26.5 Å². The number of hydrogen-bond acceptors (Lipinski definition) is 4. The van der Waals surface area contributed by atoms with E-state index >= 15 is 0 Å². The van der Waals surface area contributed by atoms with Gasteiger partial charge in [-0.25, -0.2) is 4.39 Å². The Morgan fingerprint density at radius 3 is 2.41 bits per heavy atom. The van der Waals surface area contributed by atoms with E-state index in [1.807, 2.05) is 66.7 Å². The number of imide groups is 1. The second-order valence-corrected chi connectivity index (χ2v) is 10.2.